The first-order chi connectivity index (χ1) is 9.65. The van der Waals surface area contributed by atoms with E-state index in [1.165, 1.54) is 24.6 Å². The van der Waals surface area contributed by atoms with Crippen LogP contribution >= 0.6 is 27.7 Å². The van der Waals surface area contributed by atoms with Crippen molar-refractivity contribution in [3.05, 3.63) is 16.7 Å². The van der Waals surface area contributed by atoms with Gasteiger partial charge < -0.3 is 9.67 Å². The zero-order chi connectivity index (χ0) is 14.1. The third kappa shape index (κ3) is 2.69. The molecule has 2 heterocycles. The Morgan fingerprint density at radius 1 is 1.50 bits per heavy atom. The van der Waals surface area contributed by atoms with Gasteiger partial charge in [-0.05, 0) is 34.8 Å². The van der Waals surface area contributed by atoms with Gasteiger partial charge in [-0.1, -0.05) is 24.6 Å². The van der Waals surface area contributed by atoms with Gasteiger partial charge in [0, 0.05) is 16.7 Å². The van der Waals surface area contributed by atoms with Crippen LogP contribution in [0.1, 0.15) is 31.7 Å². The Balaban J connectivity index is 2.05. The summed E-state index contributed by atoms with van der Waals surface area (Å²) in [7, 11) is 0. The van der Waals surface area contributed by atoms with Gasteiger partial charge in [-0.15, -0.1) is 0 Å². The maximum absolute atomic E-state index is 10.8. The lowest BCUT2D eigenvalue weighted by Crippen LogP contribution is -2.08. The molecule has 0 aromatic carbocycles. The second-order valence-corrected chi connectivity index (χ2v) is 6.74. The van der Waals surface area contributed by atoms with E-state index in [0.717, 1.165) is 33.6 Å². The Labute approximate surface area is 128 Å². The maximum atomic E-state index is 10.8. The molecule has 0 atom stereocenters. The number of aliphatic carboxylic acids is 1. The number of carboxylic acids is 1. The molecule has 20 heavy (non-hydrogen) atoms. The fourth-order valence-electron chi connectivity index (χ4n) is 2.66. The summed E-state index contributed by atoms with van der Waals surface area (Å²) in [6.07, 6.45) is 6.42. The molecular formula is C13H14BrN3O2S. The number of fused-ring (bicyclic) bond motifs is 1. The van der Waals surface area contributed by atoms with E-state index in [1.807, 2.05) is 6.07 Å². The van der Waals surface area contributed by atoms with Crippen molar-refractivity contribution in [2.75, 3.05) is 5.75 Å². The predicted octanol–water partition coefficient (Wildman–Crippen LogP) is 3.49. The molecule has 0 radical (unpaired) electrons. The molecule has 0 saturated heterocycles. The normalized spacial score (nSPS) is 16.1. The van der Waals surface area contributed by atoms with Gasteiger partial charge in [0.15, 0.2) is 10.8 Å². The van der Waals surface area contributed by atoms with E-state index >= 15 is 0 Å². The SMILES string of the molecule is O=C(O)CSc1nc2cc(Br)cnc2n1C1CCCC1. The van der Waals surface area contributed by atoms with Gasteiger partial charge in [0.05, 0.1) is 5.75 Å². The molecule has 0 bridgehead atoms. The molecule has 0 unspecified atom stereocenters. The summed E-state index contributed by atoms with van der Waals surface area (Å²) in [6.45, 7) is 0. The van der Waals surface area contributed by atoms with E-state index < -0.39 is 5.97 Å². The van der Waals surface area contributed by atoms with Crippen LogP contribution in [-0.2, 0) is 4.79 Å². The van der Waals surface area contributed by atoms with Crippen molar-refractivity contribution in [2.45, 2.75) is 36.9 Å². The minimum atomic E-state index is -0.825. The minimum absolute atomic E-state index is 0.0250. The quantitative estimate of drug-likeness (QED) is 0.850. The van der Waals surface area contributed by atoms with E-state index in [4.69, 9.17) is 5.11 Å². The lowest BCUT2D eigenvalue weighted by atomic mass is 10.2. The lowest BCUT2D eigenvalue weighted by molar-refractivity contribution is -0.133. The first kappa shape index (κ1) is 13.9. The van der Waals surface area contributed by atoms with Crippen LogP contribution < -0.4 is 0 Å². The zero-order valence-corrected chi connectivity index (χ0v) is 13.2. The van der Waals surface area contributed by atoms with Crippen molar-refractivity contribution in [3.8, 4) is 0 Å². The van der Waals surface area contributed by atoms with Gasteiger partial charge in [0.25, 0.3) is 0 Å². The van der Waals surface area contributed by atoms with Gasteiger partial charge in [-0.2, -0.15) is 0 Å². The highest BCUT2D eigenvalue weighted by Gasteiger charge is 2.24. The summed E-state index contributed by atoms with van der Waals surface area (Å²) in [5.41, 5.74) is 1.67. The molecule has 2 aromatic rings. The summed E-state index contributed by atoms with van der Waals surface area (Å²) in [6, 6.07) is 2.32. The highest BCUT2D eigenvalue weighted by molar-refractivity contribution is 9.10. The Bertz CT molecular complexity index is 652. The molecule has 1 aliphatic rings. The van der Waals surface area contributed by atoms with Crippen LogP contribution in [0.3, 0.4) is 0 Å². The van der Waals surface area contributed by atoms with Crippen LogP contribution in [-0.4, -0.2) is 31.4 Å². The smallest absolute Gasteiger partial charge is 0.313 e. The number of hydrogen-bond donors (Lipinski definition) is 1. The molecule has 7 heteroatoms. The van der Waals surface area contributed by atoms with E-state index in [9.17, 15) is 4.79 Å². The van der Waals surface area contributed by atoms with E-state index in [0.29, 0.717) is 6.04 Å². The van der Waals surface area contributed by atoms with Crippen LogP contribution in [0.2, 0.25) is 0 Å². The summed E-state index contributed by atoms with van der Waals surface area (Å²) >= 11 is 4.67. The standard InChI is InChI=1S/C13H14BrN3O2S/c14-8-5-10-12(15-6-8)17(9-3-1-2-4-9)13(16-10)20-7-11(18)19/h5-6,9H,1-4,7H2,(H,18,19). The van der Waals surface area contributed by atoms with Gasteiger partial charge in [0.1, 0.15) is 5.52 Å². The van der Waals surface area contributed by atoms with Crippen molar-refractivity contribution in [2.24, 2.45) is 0 Å². The van der Waals surface area contributed by atoms with Crippen LogP contribution in [0.4, 0.5) is 0 Å². The number of halogens is 1. The second kappa shape index (κ2) is 5.73. The topological polar surface area (TPSA) is 68.0 Å². The fourth-order valence-corrected chi connectivity index (χ4v) is 3.77. The molecule has 0 aliphatic heterocycles. The summed E-state index contributed by atoms with van der Waals surface area (Å²) in [5, 5.41) is 9.63. The number of imidazole rings is 1. The summed E-state index contributed by atoms with van der Waals surface area (Å²) in [4.78, 5) is 19.8. The van der Waals surface area contributed by atoms with Crippen molar-refractivity contribution in [1.82, 2.24) is 14.5 Å². The van der Waals surface area contributed by atoms with E-state index in [1.54, 1.807) is 6.20 Å². The van der Waals surface area contributed by atoms with Gasteiger partial charge >= 0.3 is 5.97 Å². The van der Waals surface area contributed by atoms with Gasteiger partial charge in [-0.3, -0.25) is 4.79 Å². The number of nitrogens with zero attached hydrogens (tertiary/aromatic N) is 3. The third-order valence-electron chi connectivity index (χ3n) is 3.48. The van der Waals surface area contributed by atoms with Crippen molar-refractivity contribution < 1.29 is 9.90 Å². The van der Waals surface area contributed by atoms with Crippen molar-refractivity contribution in [3.63, 3.8) is 0 Å². The Morgan fingerprint density at radius 3 is 2.95 bits per heavy atom. The molecule has 1 aliphatic carbocycles. The number of carboxylic acid groups (broad SMARTS) is 1. The second-order valence-electron chi connectivity index (χ2n) is 4.88. The average Bonchev–Trinajstić information content (AvgIpc) is 3.01. The van der Waals surface area contributed by atoms with Crippen LogP contribution in [0.15, 0.2) is 21.9 Å². The molecule has 2 aromatic heterocycles. The molecule has 5 nitrogen and oxygen atoms in total. The number of rotatable bonds is 4. The molecule has 106 valence electrons. The van der Waals surface area contributed by atoms with Crippen LogP contribution in [0.5, 0.6) is 0 Å². The largest absolute Gasteiger partial charge is 0.481 e. The predicted molar refractivity (Wildman–Crippen MR) is 81.1 cm³/mol. The van der Waals surface area contributed by atoms with Gasteiger partial charge in [0.2, 0.25) is 0 Å². The first-order valence-electron chi connectivity index (χ1n) is 6.53. The van der Waals surface area contributed by atoms with Crippen molar-refractivity contribution >= 4 is 44.8 Å². The van der Waals surface area contributed by atoms with Crippen LogP contribution in [0.25, 0.3) is 11.2 Å². The average molecular weight is 356 g/mol. The number of carbonyl (C=O) groups is 1. The van der Waals surface area contributed by atoms with Crippen molar-refractivity contribution in [1.29, 1.82) is 0 Å². The first-order valence-corrected chi connectivity index (χ1v) is 8.31. The zero-order valence-electron chi connectivity index (χ0n) is 10.8. The summed E-state index contributed by atoms with van der Waals surface area (Å²) < 4.78 is 3.01. The fraction of sp³-hybridized carbons (Fsp3) is 0.462. The lowest BCUT2D eigenvalue weighted by Gasteiger charge is -2.14. The molecular weight excluding hydrogens is 342 g/mol. The molecule has 1 fully saturated rings. The highest BCUT2D eigenvalue weighted by atomic mass is 79.9. The molecule has 1 N–H and O–H groups in total. The van der Waals surface area contributed by atoms with Gasteiger partial charge in [-0.25, -0.2) is 9.97 Å². The molecule has 1 saturated carbocycles. The highest BCUT2D eigenvalue weighted by Crippen LogP contribution is 2.36. The number of hydrogen-bond acceptors (Lipinski definition) is 4. The number of pyridine rings is 1. The monoisotopic (exact) mass is 355 g/mol. The minimum Gasteiger partial charge on any atom is -0.481 e. The van der Waals surface area contributed by atoms with Crippen LogP contribution in [0, 0.1) is 0 Å². The van der Waals surface area contributed by atoms with E-state index in [2.05, 4.69) is 30.5 Å². The molecule has 0 amide bonds. The Hall–Kier alpha value is -1.08. The number of thioether (sulfide) groups is 1. The Kier molecular flexibility index (Phi) is 3.98. The third-order valence-corrected chi connectivity index (χ3v) is 4.85. The molecule has 0 spiro atoms. The molecule has 3 rings (SSSR count). The maximum Gasteiger partial charge on any atom is 0.313 e. The van der Waals surface area contributed by atoms with E-state index in [-0.39, 0.29) is 5.75 Å². The Morgan fingerprint density at radius 2 is 2.25 bits per heavy atom. The summed E-state index contributed by atoms with van der Waals surface area (Å²) in [5.74, 6) is -0.800. The number of aromatic nitrogens is 3.